The molecule has 0 heterocycles. The van der Waals surface area contributed by atoms with Crippen LogP contribution in [0.25, 0.3) is 0 Å². The molecule has 0 aliphatic heterocycles. The van der Waals surface area contributed by atoms with Crippen LogP contribution < -0.4 is 0 Å². The van der Waals surface area contributed by atoms with Crippen LogP contribution in [0.1, 0.15) is 13.8 Å². The van der Waals surface area contributed by atoms with Crippen LogP contribution in [0.4, 0.5) is 17.6 Å². The molecule has 0 radical (unpaired) electrons. The predicted molar refractivity (Wildman–Crippen MR) is 42.0 cm³/mol. The summed E-state index contributed by atoms with van der Waals surface area (Å²) in [6.45, 7) is 3.34. The lowest BCUT2D eigenvalue weighted by atomic mass is 10.0. The first-order valence-electron chi connectivity index (χ1n) is 3.97. The van der Waals surface area contributed by atoms with Gasteiger partial charge in [-0.25, -0.2) is 4.39 Å². The summed E-state index contributed by atoms with van der Waals surface area (Å²) in [6.07, 6.45) is -4.48. The predicted octanol–water partition coefficient (Wildman–Crippen LogP) is 3.41. The Morgan fingerprint density at radius 3 is 2.08 bits per heavy atom. The zero-order chi connectivity index (χ0) is 10.2. The lowest BCUT2D eigenvalue weighted by Crippen LogP contribution is -2.08. The lowest BCUT2D eigenvalue weighted by molar-refractivity contribution is -0.0882. The van der Waals surface area contributed by atoms with Gasteiger partial charge >= 0.3 is 6.18 Å². The van der Waals surface area contributed by atoms with Crippen LogP contribution in [0.2, 0.25) is 0 Å². The Kier molecular flexibility index (Phi) is 2.50. The Morgan fingerprint density at radius 2 is 1.85 bits per heavy atom. The van der Waals surface area contributed by atoms with Crippen molar-refractivity contribution in [3.8, 4) is 0 Å². The first-order valence-corrected chi connectivity index (χ1v) is 3.97. The molecular formula is C9H10F4. The third-order valence-electron chi connectivity index (χ3n) is 1.96. The molecule has 0 aromatic heterocycles. The standard InChI is InChI=1S/C9H10F4/c1-5(2)7-3-6(4-8(7)10)9(11,12)13/h3-5,8H,1-2H3. The van der Waals surface area contributed by atoms with Crippen LogP contribution in [0.3, 0.4) is 0 Å². The van der Waals surface area contributed by atoms with Crippen molar-refractivity contribution in [2.24, 2.45) is 5.92 Å². The summed E-state index contributed by atoms with van der Waals surface area (Å²) in [5.41, 5.74) is -0.670. The van der Waals surface area contributed by atoms with Gasteiger partial charge in [-0.3, -0.25) is 0 Å². The first-order chi connectivity index (χ1) is 5.82. The van der Waals surface area contributed by atoms with Gasteiger partial charge < -0.3 is 0 Å². The number of alkyl halides is 4. The summed E-state index contributed by atoms with van der Waals surface area (Å²) in [5.74, 6) is -0.189. The Labute approximate surface area is 73.9 Å². The molecule has 0 amide bonds. The average Bonchev–Trinajstić information content (AvgIpc) is 2.29. The van der Waals surface area contributed by atoms with E-state index >= 15 is 0 Å². The van der Waals surface area contributed by atoms with Crippen LogP contribution in [0.5, 0.6) is 0 Å². The van der Waals surface area contributed by atoms with E-state index in [1.165, 1.54) is 0 Å². The fourth-order valence-corrected chi connectivity index (χ4v) is 1.22. The molecule has 0 spiro atoms. The van der Waals surface area contributed by atoms with Crippen molar-refractivity contribution in [2.45, 2.75) is 26.2 Å². The highest BCUT2D eigenvalue weighted by Crippen LogP contribution is 2.36. The smallest absolute Gasteiger partial charge is 0.238 e. The Morgan fingerprint density at radius 1 is 1.31 bits per heavy atom. The minimum atomic E-state index is -4.43. The van der Waals surface area contributed by atoms with Gasteiger partial charge in [-0.2, -0.15) is 13.2 Å². The van der Waals surface area contributed by atoms with E-state index in [0.29, 0.717) is 6.08 Å². The summed E-state index contributed by atoms with van der Waals surface area (Å²) in [4.78, 5) is 0. The highest BCUT2D eigenvalue weighted by molar-refractivity contribution is 5.40. The SMILES string of the molecule is CC(C)C1=CC(C(F)(F)F)=CC1F. The largest absolute Gasteiger partial charge is 0.416 e. The molecule has 0 N–H and O–H groups in total. The quantitative estimate of drug-likeness (QED) is 0.561. The highest BCUT2D eigenvalue weighted by atomic mass is 19.4. The molecule has 0 aromatic rings. The van der Waals surface area contributed by atoms with E-state index in [9.17, 15) is 17.6 Å². The van der Waals surface area contributed by atoms with Crippen molar-refractivity contribution in [1.82, 2.24) is 0 Å². The third kappa shape index (κ3) is 2.11. The second-order valence-corrected chi connectivity index (χ2v) is 3.32. The van der Waals surface area contributed by atoms with Gasteiger partial charge in [0.05, 0.1) is 5.57 Å². The van der Waals surface area contributed by atoms with Crippen molar-refractivity contribution in [2.75, 3.05) is 0 Å². The molecule has 13 heavy (non-hydrogen) atoms. The van der Waals surface area contributed by atoms with Gasteiger partial charge in [-0.1, -0.05) is 13.8 Å². The molecule has 1 unspecified atom stereocenters. The van der Waals surface area contributed by atoms with Crippen molar-refractivity contribution < 1.29 is 17.6 Å². The molecule has 0 bridgehead atoms. The van der Waals surface area contributed by atoms with Gasteiger partial charge in [0.25, 0.3) is 0 Å². The maximum Gasteiger partial charge on any atom is 0.416 e. The third-order valence-corrected chi connectivity index (χ3v) is 1.96. The van der Waals surface area contributed by atoms with E-state index < -0.39 is 17.9 Å². The molecule has 1 aliphatic rings. The van der Waals surface area contributed by atoms with Crippen molar-refractivity contribution in [3.05, 3.63) is 23.3 Å². The maximum absolute atomic E-state index is 13.0. The van der Waals surface area contributed by atoms with Gasteiger partial charge in [-0.15, -0.1) is 0 Å². The summed E-state index contributed by atoms with van der Waals surface area (Å²) in [5, 5.41) is 0. The number of hydrogen-bond donors (Lipinski definition) is 0. The summed E-state index contributed by atoms with van der Waals surface area (Å²) in [7, 11) is 0. The fourth-order valence-electron chi connectivity index (χ4n) is 1.22. The van der Waals surface area contributed by atoms with Crippen LogP contribution in [-0.4, -0.2) is 12.3 Å². The molecule has 0 nitrogen and oxygen atoms in total. The zero-order valence-electron chi connectivity index (χ0n) is 7.32. The van der Waals surface area contributed by atoms with Crippen molar-refractivity contribution in [1.29, 1.82) is 0 Å². The normalized spacial score (nSPS) is 23.5. The monoisotopic (exact) mass is 194 g/mol. The molecule has 0 saturated carbocycles. The minimum Gasteiger partial charge on any atom is -0.238 e. The number of rotatable bonds is 1. The molecule has 74 valence electrons. The van der Waals surface area contributed by atoms with Gasteiger partial charge in [0.15, 0.2) is 0 Å². The molecule has 0 aromatic carbocycles. The first kappa shape index (κ1) is 10.3. The van der Waals surface area contributed by atoms with Crippen LogP contribution in [-0.2, 0) is 0 Å². The van der Waals surface area contributed by atoms with Crippen LogP contribution >= 0.6 is 0 Å². The molecule has 1 rings (SSSR count). The Bertz CT molecular complexity index is 257. The molecule has 1 aliphatic carbocycles. The van der Waals surface area contributed by atoms with E-state index in [2.05, 4.69) is 0 Å². The van der Waals surface area contributed by atoms with Crippen LogP contribution in [0, 0.1) is 5.92 Å². The zero-order valence-corrected chi connectivity index (χ0v) is 7.32. The van der Waals surface area contributed by atoms with Crippen molar-refractivity contribution in [3.63, 3.8) is 0 Å². The van der Waals surface area contributed by atoms with Gasteiger partial charge in [-0.05, 0) is 23.6 Å². The molecule has 1 atom stereocenters. The summed E-state index contributed by atoms with van der Waals surface area (Å²) in [6, 6.07) is 0. The van der Waals surface area contributed by atoms with Crippen LogP contribution in [0.15, 0.2) is 23.3 Å². The molecule has 0 fully saturated rings. The van der Waals surface area contributed by atoms with E-state index in [1.807, 2.05) is 0 Å². The molecule has 4 heteroatoms. The van der Waals surface area contributed by atoms with Gasteiger partial charge in [0.2, 0.25) is 0 Å². The Hall–Kier alpha value is -0.800. The second kappa shape index (κ2) is 3.16. The second-order valence-electron chi connectivity index (χ2n) is 3.32. The van der Waals surface area contributed by atoms with E-state index in [-0.39, 0.29) is 11.5 Å². The van der Waals surface area contributed by atoms with E-state index in [4.69, 9.17) is 0 Å². The molecule has 0 saturated heterocycles. The summed E-state index contributed by atoms with van der Waals surface area (Å²) >= 11 is 0. The number of hydrogen-bond acceptors (Lipinski definition) is 0. The van der Waals surface area contributed by atoms with Gasteiger partial charge in [0, 0.05) is 0 Å². The van der Waals surface area contributed by atoms with Crippen molar-refractivity contribution >= 4 is 0 Å². The molecular weight excluding hydrogens is 184 g/mol. The number of allylic oxidation sites excluding steroid dienone is 4. The minimum absolute atomic E-state index is 0.189. The Balaban J connectivity index is 2.90. The van der Waals surface area contributed by atoms with E-state index in [0.717, 1.165) is 6.08 Å². The number of halogens is 4. The fraction of sp³-hybridized carbons (Fsp3) is 0.556. The highest BCUT2D eigenvalue weighted by Gasteiger charge is 2.37. The maximum atomic E-state index is 13.0. The lowest BCUT2D eigenvalue weighted by Gasteiger charge is -2.08. The summed E-state index contributed by atoms with van der Waals surface area (Å²) < 4.78 is 49.2. The average molecular weight is 194 g/mol. The van der Waals surface area contributed by atoms with Gasteiger partial charge in [0.1, 0.15) is 6.17 Å². The van der Waals surface area contributed by atoms with E-state index in [1.54, 1.807) is 13.8 Å². The topological polar surface area (TPSA) is 0 Å².